The van der Waals surface area contributed by atoms with Crippen LogP contribution in [0.15, 0.2) is 34.9 Å². The summed E-state index contributed by atoms with van der Waals surface area (Å²) in [6, 6.07) is 9.71. The lowest BCUT2D eigenvalue weighted by atomic mass is 10.2. The Labute approximate surface area is 172 Å². The van der Waals surface area contributed by atoms with Gasteiger partial charge in [0.2, 0.25) is 17.6 Å². The monoisotopic (exact) mass is 415 g/mol. The molecule has 1 saturated heterocycles. The summed E-state index contributed by atoms with van der Waals surface area (Å²) in [7, 11) is 0. The van der Waals surface area contributed by atoms with Gasteiger partial charge in [-0.1, -0.05) is 35.5 Å². The van der Waals surface area contributed by atoms with Crippen molar-refractivity contribution in [2.45, 2.75) is 32.4 Å². The number of benzene rings is 1. The highest BCUT2D eigenvalue weighted by molar-refractivity contribution is 5.85. The van der Waals surface area contributed by atoms with Crippen LogP contribution in [0, 0.1) is 0 Å². The van der Waals surface area contributed by atoms with Crippen LogP contribution in [0.3, 0.4) is 0 Å². The molecule has 0 aliphatic carbocycles. The van der Waals surface area contributed by atoms with Crippen molar-refractivity contribution >= 4 is 30.7 Å². The van der Waals surface area contributed by atoms with Crippen LogP contribution in [-0.4, -0.2) is 58.1 Å². The zero-order valence-corrected chi connectivity index (χ0v) is 17.2. The van der Waals surface area contributed by atoms with Gasteiger partial charge in [-0.2, -0.15) is 4.98 Å². The number of amides is 1. The number of hydrogen-bond donors (Lipinski definition) is 1. The van der Waals surface area contributed by atoms with Gasteiger partial charge in [0, 0.05) is 44.2 Å². The molecule has 0 radical (unpaired) electrons. The summed E-state index contributed by atoms with van der Waals surface area (Å²) in [6.07, 6.45) is 0.402. The highest BCUT2D eigenvalue weighted by Crippen LogP contribution is 2.23. The van der Waals surface area contributed by atoms with Crippen LogP contribution in [0.25, 0.3) is 11.4 Å². The summed E-state index contributed by atoms with van der Waals surface area (Å²) in [5.74, 6) is 1.34. The van der Waals surface area contributed by atoms with Gasteiger partial charge >= 0.3 is 0 Å². The standard InChI is InChI=1S/C18H25N5O2.2ClH/c1-13(19)12-16(24)23-10-8-22(9-11-23)14(2)18-20-17(21-25-18)15-6-4-3-5-7-15;;/h3-7,13-14H,8-12,19H2,1-2H3;2*1H. The van der Waals surface area contributed by atoms with Crippen LogP contribution in [-0.2, 0) is 4.79 Å². The Balaban J connectivity index is 0.00000182. The maximum atomic E-state index is 12.1. The molecular formula is C18H27Cl2N5O2. The molecule has 2 heterocycles. The summed E-state index contributed by atoms with van der Waals surface area (Å²) in [5.41, 5.74) is 6.66. The molecule has 1 amide bonds. The van der Waals surface area contributed by atoms with E-state index in [4.69, 9.17) is 10.3 Å². The van der Waals surface area contributed by atoms with Gasteiger partial charge in [0.15, 0.2) is 0 Å². The van der Waals surface area contributed by atoms with E-state index < -0.39 is 0 Å². The number of nitrogens with zero attached hydrogens (tertiary/aromatic N) is 4. The fraction of sp³-hybridized carbons (Fsp3) is 0.500. The molecule has 1 aliphatic rings. The fourth-order valence-electron chi connectivity index (χ4n) is 3.03. The van der Waals surface area contributed by atoms with Gasteiger partial charge < -0.3 is 15.2 Å². The summed E-state index contributed by atoms with van der Waals surface area (Å²) < 4.78 is 5.46. The molecule has 0 spiro atoms. The van der Waals surface area contributed by atoms with E-state index in [1.807, 2.05) is 42.2 Å². The van der Waals surface area contributed by atoms with E-state index in [1.165, 1.54) is 0 Å². The van der Waals surface area contributed by atoms with Crippen LogP contribution in [0.5, 0.6) is 0 Å². The highest BCUT2D eigenvalue weighted by atomic mass is 35.5. The van der Waals surface area contributed by atoms with Gasteiger partial charge in [-0.15, -0.1) is 24.8 Å². The van der Waals surface area contributed by atoms with Crippen molar-refractivity contribution in [1.82, 2.24) is 19.9 Å². The van der Waals surface area contributed by atoms with Gasteiger partial charge in [-0.05, 0) is 13.8 Å². The fourth-order valence-corrected chi connectivity index (χ4v) is 3.03. The molecule has 1 aromatic heterocycles. The third-order valence-corrected chi connectivity index (χ3v) is 4.54. The number of rotatable bonds is 5. The number of hydrogen-bond acceptors (Lipinski definition) is 6. The van der Waals surface area contributed by atoms with Crippen molar-refractivity contribution in [2.75, 3.05) is 26.2 Å². The summed E-state index contributed by atoms with van der Waals surface area (Å²) in [4.78, 5) is 20.8. The van der Waals surface area contributed by atoms with E-state index in [-0.39, 0.29) is 42.8 Å². The Morgan fingerprint density at radius 3 is 2.37 bits per heavy atom. The molecule has 27 heavy (non-hydrogen) atoms. The average molecular weight is 416 g/mol. The molecule has 2 aromatic rings. The van der Waals surface area contributed by atoms with E-state index in [0.717, 1.165) is 18.7 Å². The molecule has 2 unspecified atom stereocenters. The molecule has 2 N–H and O–H groups in total. The van der Waals surface area contributed by atoms with Crippen LogP contribution in [0.2, 0.25) is 0 Å². The van der Waals surface area contributed by atoms with Crippen LogP contribution in [0.1, 0.15) is 32.2 Å². The van der Waals surface area contributed by atoms with Crippen molar-refractivity contribution < 1.29 is 9.32 Å². The van der Waals surface area contributed by atoms with E-state index in [9.17, 15) is 4.79 Å². The second kappa shape index (κ2) is 10.6. The van der Waals surface area contributed by atoms with Crippen LogP contribution in [0.4, 0.5) is 0 Å². The molecule has 150 valence electrons. The van der Waals surface area contributed by atoms with E-state index in [1.54, 1.807) is 0 Å². The Hall–Kier alpha value is -1.67. The van der Waals surface area contributed by atoms with Crippen molar-refractivity contribution in [1.29, 1.82) is 0 Å². The summed E-state index contributed by atoms with van der Waals surface area (Å²) in [5, 5.41) is 4.09. The van der Waals surface area contributed by atoms with Gasteiger partial charge in [-0.25, -0.2) is 0 Å². The zero-order chi connectivity index (χ0) is 17.8. The Morgan fingerprint density at radius 1 is 1.15 bits per heavy atom. The van der Waals surface area contributed by atoms with Gasteiger partial charge in [0.05, 0.1) is 6.04 Å². The molecule has 0 bridgehead atoms. The number of halogens is 2. The Kier molecular flexibility index (Phi) is 9.18. The molecular weight excluding hydrogens is 389 g/mol. The van der Waals surface area contributed by atoms with Gasteiger partial charge in [0.1, 0.15) is 0 Å². The smallest absolute Gasteiger partial charge is 0.244 e. The first-order valence-electron chi connectivity index (χ1n) is 8.71. The molecule has 1 fully saturated rings. The molecule has 2 atom stereocenters. The SMILES string of the molecule is CC(N)CC(=O)N1CCN(C(C)c2nc(-c3ccccc3)no2)CC1.Cl.Cl. The van der Waals surface area contributed by atoms with Gasteiger partial charge in [-0.3, -0.25) is 9.69 Å². The topological polar surface area (TPSA) is 88.5 Å². The van der Waals surface area contributed by atoms with Crippen molar-refractivity contribution in [3.05, 3.63) is 36.2 Å². The van der Waals surface area contributed by atoms with Crippen LogP contribution < -0.4 is 5.73 Å². The predicted molar refractivity (Wildman–Crippen MR) is 109 cm³/mol. The predicted octanol–water partition coefficient (Wildman–Crippen LogP) is 2.52. The number of carbonyl (C=O) groups is 1. The molecule has 9 heteroatoms. The first-order valence-corrected chi connectivity index (χ1v) is 8.71. The molecule has 0 saturated carbocycles. The number of piperazine rings is 1. The number of carbonyl (C=O) groups excluding carboxylic acids is 1. The second-order valence-corrected chi connectivity index (χ2v) is 6.60. The molecule has 3 rings (SSSR count). The molecule has 1 aromatic carbocycles. The summed E-state index contributed by atoms with van der Waals surface area (Å²) >= 11 is 0. The van der Waals surface area contributed by atoms with Gasteiger partial charge in [0.25, 0.3) is 0 Å². The summed E-state index contributed by atoms with van der Waals surface area (Å²) in [6.45, 7) is 6.90. The Morgan fingerprint density at radius 2 is 1.78 bits per heavy atom. The van der Waals surface area contributed by atoms with E-state index in [0.29, 0.717) is 31.2 Å². The van der Waals surface area contributed by atoms with Crippen LogP contribution >= 0.6 is 24.8 Å². The minimum absolute atomic E-state index is 0. The first-order chi connectivity index (χ1) is 12.0. The average Bonchev–Trinajstić information content (AvgIpc) is 3.11. The maximum Gasteiger partial charge on any atom is 0.244 e. The zero-order valence-electron chi connectivity index (χ0n) is 15.6. The van der Waals surface area contributed by atoms with E-state index in [2.05, 4.69) is 22.0 Å². The highest BCUT2D eigenvalue weighted by Gasteiger charge is 2.27. The third kappa shape index (κ3) is 5.90. The lowest BCUT2D eigenvalue weighted by Crippen LogP contribution is -2.50. The lowest BCUT2D eigenvalue weighted by molar-refractivity contribution is -0.133. The molecule has 7 nitrogen and oxygen atoms in total. The largest absolute Gasteiger partial charge is 0.340 e. The first kappa shape index (κ1) is 23.4. The quantitative estimate of drug-likeness (QED) is 0.806. The van der Waals surface area contributed by atoms with Crippen molar-refractivity contribution in [3.63, 3.8) is 0 Å². The maximum absolute atomic E-state index is 12.1. The normalized spacial score (nSPS) is 16.8. The minimum atomic E-state index is -0.0979. The Bertz CT molecular complexity index is 703. The van der Waals surface area contributed by atoms with Crippen molar-refractivity contribution in [3.8, 4) is 11.4 Å². The third-order valence-electron chi connectivity index (χ3n) is 4.54. The van der Waals surface area contributed by atoms with E-state index >= 15 is 0 Å². The number of aromatic nitrogens is 2. The molecule has 1 aliphatic heterocycles. The second-order valence-electron chi connectivity index (χ2n) is 6.60. The minimum Gasteiger partial charge on any atom is -0.340 e. The number of nitrogens with two attached hydrogens (primary N) is 1. The van der Waals surface area contributed by atoms with Crippen molar-refractivity contribution in [2.24, 2.45) is 5.73 Å². The lowest BCUT2D eigenvalue weighted by Gasteiger charge is -2.37.